The standard InChI is InChI=1S/C11H14F4N2O/c12-10(13)6-17-9(5-16)7-1-3-8(4-2-7)18-11(14)15/h1-4,9-11,17H,5-6,16H2. The van der Waals surface area contributed by atoms with E-state index >= 15 is 0 Å². The molecular formula is C11H14F4N2O. The molecule has 1 aromatic carbocycles. The van der Waals surface area contributed by atoms with Gasteiger partial charge in [-0.1, -0.05) is 12.1 Å². The Hall–Kier alpha value is -1.34. The van der Waals surface area contributed by atoms with Gasteiger partial charge in [0.2, 0.25) is 0 Å². The van der Waals surface area contributed by atoms with Crippen molar-refractivity contribution in [3.8, 4) is 5.75 Å². The van der Waals surface area contributed by atoms with Crippen molar-refractivity contribution in [2.24, 2.45) is 5.73 Å². The van der Waals surface area contributed by atoms with E-state index in [2.05, 4.69) is 10.1 Å². The van der Waals surface area contributed by atoms with Gasteiger partial charge >= 0.3 is 6.61 Å². The van der Waals surface area contributed by atoms with Gasteiger partial charge in [-0.15, -0.1) is 0 Å². The first-order chi connectivity index (χ1) is 8.52. The molecule has 0 aliphatic rings. The molecule has 0 amide bonds. The van der Waals surface area contributed by atoms with Crippen molar-refractivity contribution in [1.29, 1.82) is 0 Å². The van der Waals surface area contributed by atoms with Crippen LogP contribution in [-0.2, 0) is 0 Å². The van der Waals surface area contributed by atoms with E-state index in [0.717, 1.165) is 0 Å². The van der Waals surface area contributed by atoms with Gasteiger partial charge in [-0.05, 0) is 17.7 Å². The van der Waals surface area contributed by atoms with Gasteiger partial charge in [0.1, 0.15) is 5.75 Å². The molecule has 0 heterocycles. The third-order valence-electron chi connectivity index (χ3n) is 2.26. The number of hydrogen-bond acceptors (Lipinski definition) is 3. The lowest BCUT2D eigenvalue weighted by atomic mass is 10.1. The topological polar surface area (TPSA) is 47.3 Å². The fourth-order valence-corrected chi connectivity index (χ4v) is 1.45. The Balaban J connectivity index is 2.63. The summed E-state index contributed by atoms with van der Waals surface area (Å²) < 4.78 is 52.1. The molecule has 1 atom stereocenters. The number of rotatable bonds is 7. The first-order valence-electron chi connectivity index (χ1n) is 5.29. The zero-order chi connectivity index (χ0) is 13.5. The Morgan fingerprint density at radius 3 is 2.17 bits per heavy atom. The number of hydrogen-bond donors (Lipinski definition) is 2. The minimum absolute atomic E-state index is 0.0124. The molecule has 0 radical (unpaired) electrons. The molecule has 102 valence electrons. The lowest BCUT2D eigenvalue weighted by molar-refractivity contribution is -0.0498. The molecular weight excluding hydrogens is 252 g/mol. The van der Waals surface area contributed by atoms with Crippen LogP contribution in [0.2, 0.25) is 0 Å². The van der Waals surface area contributed by atoms with Crippen molar-refractivity contribution < 1.29 is 22.3 Å². The molecule has 0 fully saturated rings. The largest absolute Gasteiger partial charge is 0.435 e. The average Bonchev–Trinajstić information content (AvgIpc) is 2.31. The molecule has 0 spiro atoms. The van der Waals surface area contributed by atoms with Gasteiger partial charge in [0.05, 0.1) is 6.54 Å². The van der Waals surface area contributed by atoms with E-state index in [-0.39, 0.29) is 12.3 Å². The van der Waals surface area contributed by atoms with Gasteiger partial charge in [0.15, 0.2) is 0 Å². The van der Waals surface area contributed by atoms with Crippen molar-refractivity contribution in [3.05, 3.63) is 29.8 Å². The molecule has 18 heavy (non-hydrogen) atoms. The van der Waals surface area contributed by atoms with E-state index in [1.54, 1.807) is 0 Å². The number of benzene rings is 1. The molecule has 0 saturated heterocycles. The normalized spacial score (nSPS) is 13.1. The fourth-order valence-electron chi connectivity index (χ4n) is 1.45. The molecule has 1 rings (SSSR count). The van der Waals surface area contributed by atoms with Gasteiger partial charge < -0.3 is 15.8 Å². The van der Waals surface area contributed by atoms with Crippen molar-refractivity contribution in [3.63, 3.8) is 0 Å². The van der Waals surface area contributed by atoms with Crippen LogP contribution in [0, 0.1) is 0 Å². The Morgan fingerprint density at radius 1 is 1.11 bits per heavy atom. The van der Waals surface area contributed by atoms with E-state index in [1.807, 2.05) is 0 Å². The van der Waals surface area contributed by atoms with Crippen molar-refractivity contribution in [1.82, 2.24) is 5.32 Å². The Kier molecular flexibility index (Phi) is 5.87. The van der Waals surface area contributed by atoms with Gasteiger partial charge in [0, 0.05) is 12.6 Å². The van der Waals surface area contributed by atoms with Crippen LogP contribution >= 0.6 is 0 Å². The maximum absolute atomic E-state index is 12.0. The third-order valence-corrected chi connectivity index (χ3v) is 2.26. The fraction of sp³-hybridized carbons (Fsp3) is 0.455. The van der Waals surface area contributed by atoms with Crippen LogP contribution in [-0.4, -0.2) is 26.1 Å². The van der Waals surface area contributed by atoms with Crippen LogP contribution in [0.3, 0.4) is 0 Å². The molecule has 7 heteroatoms. The summed E-state index contributed by atoms with van der Waals surface area (Å²) in [6.07, 6.45) is -2.47. The highest BCUT2D eigenvalue weighted by molar-refractivity contribution is 5.29. The second-order valence-corrected chi connectivity index (χ2v) is 3.54. The first kappa shape index (κ1) is 14.7. The zero-order valence-electron chi connectivity index (χ0n) is 9.45. The van der Waals surface area contributed by atoms with Crippen LogP contribution in [0.25, 0.3) is 0 Å². The highest BCUT2D eigenvalue weighted by atomic mass is 19.3. The van der Waals surface area contributed by atoms with Crippen molar-refractivity contribution >= 4 is 0 Å². The van der Waals surface area contributed by atoms with Gasteiger partial charge in [0.25, 0.3) is 6.43 Å². The van der Waals surface area contributed by atoms with E-state index in [0.29, 0.717) is 5.56 Å². The van der Waals surface area contributed by atoms with Crippen LogP contribution in [0.1, 0.15) is 11.6 Å². The smallest absolute Gasteiger partial charge is 0.387 e. The summed E-state index contributed by atoms with van der Waals surface area (Å²) in [7, 11) is 0. The summed E-state index contributed by atoms with van der Waals surface area (Å²) in [6, 6.07) is 5.25. The molecule has 3 nitrogen and oxygen atoms in total. The molecule has 3 N–H and O–H groups in total. The number of ether oxygens (including phenoxy) is 1. The Morgan fingerprint density at radius 2 is 1.72 bits per heavy atom. The lowest BCUT2D eigenvalue weighted by Crippen LogP contribution is -2.31. The van der Waals surface area contributed by atoms with E-state index in [9.17, 15) is 17.6 Å². The van der Waals surface area contributed by atoms with Gasteiger partial charge in [-0.3, -0.25) is 0 Å². The molecule has 0 aliphatic heterocycles. The monoisotopic (exact) mass is 266 g/mol. The number of alkyl halides is 4. The van der Waals surface area contributed by atoms with Crippen molar-refractivity contribution in [2.75, 3.05) is 13.1 Å². The van der Waals surface area contributed by atoms with Crippen LogP contribution in [0.4, 0.5) is 17.6 Å². The predicted molar refractivity (Wildman–Crippen MR) is 58.9 cm³/mol. The quantitative estimate of drug-likeness (QED) is 0.743. The zero-order valence-corrected chi connectivity index (χ0v) is 9.45. The van der Waals surface area contributed by atoms with Crippen LogP contribution in [0.5, 0.6) is 5.75 Å². The number of nitrogens with one attached hydrogen (secondary N) is 1. The Bertz CT molecular complexity index is 345. The third kappa shape index (κ3) is 4.89. The lowest BCUT2D eigenvalue weighted by Gasteiger charge is -2.17. The summed E-state index contributed by atoms with van der Waals surface area (Å²) >= 11 is 0. The summed E-state index contributed by atoms with van der Waals surface area (Å²) in [6.45, 7) is -3.24. The minimum Gasteiger partial charge on any atom is -0.435 e. The molecule has 0 aromatic heterocycles. The van der Waals surface area contributed by atoms with Gasteiger partial charge in [-0.25, -0.2) is 8.78 Å². The minimum atomic E-state index is -2.89. The second-order valence-electron chi connectivity index (χ2n) is 3.54. The summed E-state index contributed by atoms with van der Waals surface area (Å²) in [5, 5.41) is 2.58. The molecule has 1 aromatic rings. The average molecular weight is 266 g/mol. The van der Waals surface area contributed by atoms with E-state index in [4.69, 9.17) is 5.73 Å². The second kappa shape index (κ2) is 7.17. The SMILES string of the molecule is NCC(NCC(F)F)c1ccc(OC(F)F)cc1. The molecule has 0 bridgehead atoms. The number of nitrogens with two attached hydrogens (primary N) is 1. The molecule has 0 saturated carbocycles. The van der Waals surface area contributed by atoms with Crippen LogP contribution < -0.4 is 15.8 Å². The molecule has 1 unspecified atom stereocenters. The highest BCUT2D eigenvalue weighted by Gasteiger charge is 2.12. The van der Waals surface area contributed by atoms with Crippen molar-refractivity contribution in [2.45, 2.75) is 19.1 Å². The van der Waals surface area contributed by atoms with Crippen LogP contribution in [0.15, 0.2) is 24.3 Å². The maximum atomic E-state index is 12.0. The summed E-state index contributed by atoms with van der Waals surface area (Å²) in [5.74, 6) is 0.0124. The Labute approximate surface area is 102 Å². The van der Waals surface area contributed by atoms with Gasteiger partial charge in [-0.2, -0.15) is 8.78 Å². The maximum Gasteiger partial charge on any atom is 0.387 e. The predicted octanol–water partition coefficient (Wildman–Crippen LogP) is 2.14. The highest BCUT2D eigenvalue weighted by Crippen LogP contribution is 2.19. The summed E-state index contributed by atoms with van der Waals surface area (Å²) in [4.78, 5) is 0. The van der Waals surface area contributed by atoms with E-state index in [1.165, 1.54) is 24.3 Å². The molecule has 0 aliphatic carbocycles. The number of halogens is 4. The van der Waals surface area contributed by atoms with E-state index < -0.39 is 25.6 Å². The first-order valence-corrected chi connectivity index (χ1v) is 5.29. The summed E-state index contributed by atoms with van der Waals surface area (Å²) in [5.41, 5.74) is 6.09.